The fraction of sp³-hybridized carbons (Fsp3) is 0.625. The largest absolute Gasteiger partial charge is 0.396 e. The molecular weight excluding hydrogens is 172 g/mol. The van der Waals surface area contributed by atoms with E-state index in [1.165, 1.54) is 0 Å². The van der Waals surface area contributed by atoms with Crippen LogP contribution in [-0.2, 0) is 0 Å². The molecule has 1 aliphatic rings. The van der Waals surface area contributed by atoms with Crippen LogP contribution in [0.25, 0.3) is 0 Å². The second-order valence-electron chi connectivity index (χ2n) is 3.35. The number of aliphatic hydroxyl groups excluding tert-OH is 1. The number of hydrogen-bond acceptors (Lipinski definition) is 4. The molecule has 1 fully saturated rings. The van der Waals surface area contributed by atoms with Gasteiger partial charge >= 0.3 is 0 Å². The van der Waals surface area contributed by atoms with Crippen molar-refractivity contribution in [3.63, 3.8) is 0 Å². The minimum Gasteiger partial charge on any atom is -0.396 e. The summed E-state index contributed by atoms with van der Waals surface area (Å²) in [4.78, 5) is 4.11. The number of rotatable bonds is 4. The van der Waals surface area contributed by atoms with E-state index in [4.69, 9.17) is 5.11 Å². The summed E-state index contributed by atoms with van der Waals surface area (Å²) in [6, 6.07) is 0. The molecule has 1 aromatic heterocycles. The average molecular weight is 184 g/mol. The van der Waals surface area contributed by atoms with Crippen LogP contribution < -0.4 is 5.32 Å². The Hall–Kier alpha value is -0.610. The third-order valence-electron chi connectivity index (χ3n) is 2.34. The standard InChI is InChI=1S/C8H12N2OS/c11-6-8(1-2-8)5-10-7-9-3-4-12-7/h3-4,11H,1-2,5-6H2,(H,9,10). The quantitative estimate of drug-likeness (QED) is 0.742. The summed E-state index contributed by atoms with van der Waals surface area (Å²) in [7, 11) is 0. The van der Waals surface area contributed by atoms with E-state index in [1.54, 1.807) is 17.5 Å². The van der Waals surface area contributed by atoms with E-state index >= 15 is 0 Å². The molecule has 0 atom stereocenters. The zero-order valence-corrected chi connectivity index (χ0v) is 7.60. The molecule has 0 radical (unpaired) electrons. The highest BCUT2D eigenvalue weighted by Crippen LogP contribution is 2.44. The summed E-state index contributed by atoms with van der Waals surface area (Å²) in [5, 5.41) is 15.2. The maximum absolute atomic E-state index is 9.03. The number of nitrogens with one attached hydrogen (secondary N) is 1. The Bertz CT molecular complexity index is 244. The van der Waals surface area contributed by atoms with Crippen molar-refractivity contribution in [3.8, 4) is 0 Å². The summed E-state index contributed by atoms with van der Waals surface area (Å²) in [6.45, 7) is 1.16. The lowest BCUT2D eigenvalue weighted by atomic mass is 10.1. The lowest BCUT2D eigenvalue weighted by Gasteiger charge is -2.11. The third kappa shape index (κ3) is 1.59. The number of aromatic nitrogens is 1. The molecule has 1 aromatic rings. The molecule has 0 aromatic carbocycles. The van der Waals surface area contributed by atoms with Gasteiger partial charge in [-0.15, -0.1) is 11.3 Å². The molecule has 0 bridgehead atoms. The first-order valence-electron chi connectivity index (χ1n) is 4.09. The van der Waals surface area contributed by atoms with Crippen molar-refractivity contribution >= 4 is 16.5 Å². The van der Waals surface area contributed by atoms with Crippen molar-refractivity contribution in [2.75, 3.05) is 18.5 Å². The first kappa shape index (κ1) is 8.01. The fourth-order valence-corrected chi connectivity index (χ4v) is 1.67. The zero-order valence-electron chi connectivity index (χ0n) is 6.79. The van der Waals surface area contributed by atoms with E-state index in [0.29, 0.717) is 6.61 Å². The number of anilines is 1. The maximum atomic E-state index is 9.03. The minimum absolute atomic E-state index is 0.172. The van der Waals surface area contributed by atoms with Gasteiger partial charge in [-0.3, -0.25) is 0 Å². The van der Waals surface area contributed by atoms with E-state index in [9.17, 15) is 0 Å². The molecule has 1 saturated carbocycles. The minimum atomic E-state index is 0.172. The van der Waals surface area contributed by atoms with Gasteiger partial charge in [0.25, 0.3) is 0 Å². The van der Waals surface area contributed by atoms with E-state index in [1.807, 2.05) is 5.38 Å². The van der Waals surface area contributed by atoms with Crippen molar-refractivity contribution in [2.24, 2.45) is 5.41 Å². The van der Waals surface area contributed by atoms with Crippen LogP contribution in [0.5, 0.6) is 0 Å². The number of aliphatic hydroxyl groups is 1. The number of hydrogen-bond donors (Lipinski definition) is 2. The normalized spacial score (nSPS) is 19.1. The molecule has 2 rings (SSSR count). The maximum Gasteiger partial charge on any atom is 0.182 e. The number of thiazole rings is 1. The summed E-state index contributed by atoms with van der Waals surface area (Å²) in [5.74, 6) is 0. The summed E-state index contributed by atoms with van der Waals surface area (Å²) < 4.78 is 0. The van der Waals surface area contributed by atoms with Gasteiger partial charge in [0, 0.05) is 23.5 Å². The molecule has 4 heteroatoms. The van der Waals surface area contributed by atoms with Gasteiger partial charge in [0.2, 0.25) is 0 Å². The highest BCUT2D eigenvalue weighted by atomic mass is 32.1. The SMILES string of the molecule is OCC1(CNc2nccs2)CC1. The van der Waals surface area contributed by atoms with Crippen molar-refractivity contribution in [2.45, 2.75) is 12.8 Å². The number of nitrogens with zero attached hydrogens (tertiary/aromatic N) is 1. The first-order chi connectivity index (χ1) is 5.85. The van der Waals surface area contributed by atoms with Crippen LogP contribution in [0.1, 0.15) is 12.8 Å². The zero-order chi connectivity index (χ0) is 8.44. The topological polar surface area (TPSA) is 45.1 Å². The predicted octanol–water partition coefficient (Wildman–Crippen LogP) is 1.33. The second-order valence-corrected chi connectivity index (χ2v) is 4.24. The lowest BCUT2D eigenvalue weighted by Crippen LogP contribution is -2.18. The lowest BCUT2D eigenvalue weighted by molar-refractivity contribution is 0.220. The van der Waals surface area contributed by atoms with Gasteiger partial charge in [-0.25, -0.2) is 4.98 Å². The van der Waals surface area contributed by atoms with Crippen LogP contribution in [0.15, 0.2) is 11.6 Å². The molecule has 0 amide bonds. The summed E-state index contributed by atoms with van der Waals surface area (Å²) >= 11 is 1.60. The average Bonchev–Trinajstić information content (AvgIpc) is 2.70. The van der Waals surface area contributed by atoms with Gasteiger partial charge in [0.05, 0.1) is 6.61 Å². The van der Waals surface area contributed by atoms with E-state index in [-0.39, 0.29) is 5.41 Å². The van der Waals surface area contributed by atoms with Crippen LogP contribution in [-0.4, -0.2) is 23.2 Å². The van der Waals surface area contributed by atoms with Gasteiger partial charge in [0.15, 0.2) is 5.13 Å². The van der Waals surface area contributed by atoms with Crippen molar-refractivity contribution in [1.29, 1.82) is 0 Å². The Morgan fingerprint density at radius 1 is 1.67 bits per heavy atom. The second kappa shape index (κ2) is 3.03. The first-order valence-corrected chi connectivity index (χ1v) is 4.97. The molecule has 3 nitrogen and oxygen atoms in total. The van der Waals surface area contributed by atoms with Gasteiger partial charge in [-0.1, -0.05) is 0 Å². The summed E-state index contributed by atoms with van der Waals surface area (Å²) in [5.41, 5.74) is 0.172. The Kier molecular flexibility index (Phi) is 2.02. The Morgan fingerprint density at radius 2 is 2.50 bits per heavy atom. The molecule has 0 saturated heterocycles. The summed E-state index contributed by atoms with van der Waals surface area (Å²) in [6.07, 6.45) is 4.06. The Labute approximate surface area is 75.5 Å². The van der Waals surface area contributed by atoms with Crippen LogP contribution in [0, 0.1) is 5.41 Å². The van der Waals surface area contributed by atoms with Crippen molar-refractivity contribution in [1.82, 2.24) is 4.98 Å². The molecule has 2 N–H and O–H groups in total. The van der Waals surface area contributed by atoms with Crippen molar-refractivity contribution < 1.29 is 5.11 Å². The molecule has 1 heterocycles. The molecule has 0 spiro atoms. The van der Waals surface area contributed by atoms with Crippen LogP contribution in [0.4, 0.5) is 5.13 Å². The smallest absolute Gasteiger partial charge is 0.182 e. The van der Waals surface area contributed by atoms with Crippen molar-refractivity contribution in [3.05, 3.63) is 11.6 Å². The van der Waals surface area contributed by atoms with Gasteiger partial charge < -0.3 is 10.4 Å². The molecule has 66 valence electrons. The molecule has 1 aliphatic carbocycles. The van der Waals surface area contributed by atoms with E-state index in [2.05, 4.69) is 10.3 Å². The highest BCUT2D eigenvalue weighted by Gasteiger charge is 2.41. The molecular formula is C8H12N2OS. The molecule has 0 unspecified atom stereocenters. The van der Waals surface area contributed by atoms with Crippen LogP contribution in [0.3, 0.4) is 0 Å². The van der Waals surface area contributed by atoms with Gasteiger partial charge in [0.1, 0.15) is 0 Å². The monoisotopic (exact) mass is 184 g/mol. The third-order valence-corrected chi connectivity index (χ3v) is 3.07. The van der Waals surface area contributed by atoms with Gasteiger partial charge in [-0.2, -0.15) is 0 Å². The van der Waals surface area contributed by atoms with Gasteiger partial charge in [-0.05, 0) is 12.8 Å². The Morgan fingerprint density at radius 3 is 3.00 bits per heavy atom. The molecule has 0 aliphatic heterocycles. The fourth-order valence-electron chi connectivity index (χ4n) is 1.14. The van der Waals surface area contributed by atoms with Crippen LogP contribution in [0.2, 0.25) is 0 Å². The van der Waals surface area contributed by atoms with E-state index in [0.717, 1.165) is 24.5 Å². The Balaban J connectivity index is 1.83. The predicted molar refractivity (Wildman–Crippen MR) is 49.4 cm³/mol. The van der Waals surface area contributed by atoms with E-state index < -0.39 is 0 Å². The molecule has 12 heavy (non-hydrogen) atoms. The highest BCUT2D eigenvalue weighted by molar-refractivity contribution is 7.13. The van der Waals surface area contributed by atoms with Crippen LogP contribution >= 0.6 is 11.3 Å².